The third-order valence-electron chi connectivity index (χ3n) is 5.08. The Morgan fingerprint density at radius 1 is 1.15 bits per heavy atom. The van der Waals surface area contributed by atoms with E-state index in [1.165, 1.54) is 23.5 Å². The van der Waals surface area contributed by atoms with E-state index in [1.54, 1.807) is 11.1 Å². The van der Waals surface area contributed by atoms with Crippen molar-refractivity contribution in [3.05, 3.63) is 59.7 Å². The van der Waals surface area contributed by atoms with E-state index in [2.05, 4.69) is 22.1 Å². The second-order valence-electron chi connectivity index (χ2n) is 6.90. The van der Waals surface area contributed by atoms with Crippen LogP contribution in [0.2, 0.25) is 0 Å². The Morgan fingerprint density at radius 2 is 1.96 bits per heavy atom. The van der Waals surface area contributed by atoms with Crippen molar-refractivity contribution in [2.24, 2.45) is 0 Å². The summed E-state index contributed by atoms with van der Waals surface area (Å²) in [5, 5.41) is 0. The minimum absolute atomic E-state index is 0.108. The molecule has 2 aromatic rings. The molecule has 6 heteroatoms. The van der Waals surface area contributed by atoms with Gasteiger partial charge in [0.15, 0.2) is 0 Å². The van der Waals surface area contributed by atoms with Crippen molar-refractivity contribution < 1.29 is 9.59 Å². The molecule has 1 aromatic carbocycles. The van der Waals surface area contributed by atoms with E-state index in [1.807, 2.05) is 17.0 Å². The largest absolute Gasteiger partial charge is 0.338 e. The predicted molar refractivity (Wildman–Crippen MR) is 96.3 cm³/mol. The first-order valence-electron chi connectivity index (χ1n) is 9.14. The smallest absolute Gasteiger partial charge is 0.274 e. The minimum Gasteiger partial charge on any atom is -0.338 e. The van der Waals surface area contributed by atoms with Gasteiger partial charge in [0.1, 0.15) is 5.69 Å². The third-order valence-corrected chi connectivity index (χ3v) is 5.08. The molecule has 1 aromatic heterocycles. The lowest BCUT2D eigenvalue weighted by Crippen LogP contribution is -2.40. The Labute approximate surface area is 152 Å². The Bertz CT molecular complexity index is 804. The van der Waals surface area contributed by atoms with E-state index in [4.69, 9.17) is 0 Å². The zero-order valence-corrected chi connectivity index (χ0v) is 14.7. The van der Waals surface area contributed by atoms with Gasteiger partial charge in [-0.25, -0.2) is 4.98 Å². The van der Waals surface area contributed by atoms with Gasteiger partial charge in [-0.1, -0.05) is 24.3 Å². The number of aromatic nitrogens is 2. The standard InChI is InChI=1S/C20H22N4O2/c25-19(23-11-7-15-3-1-2-4-16(15)14-23)8-12-24(17-5-6-17)20(26)18-13-21-9-10-22-18/h1-4,9-10,13,17H,5-8,11-12,14H2. The van der Waals surface area contributed by atoms with Crippen molar-refractivity contribution in [2.75, 3.05) is 13.1 Å². The zero-order chi connectivity index (χ0) is 17.9. The van der Waals surface area contributed by atoms with Gasteiger partial charge in [-0.2, -0.15) is 0 Å². The number of carbonyl (C=O) groups is 2. The highest BCUT2D eigenvalue weighted by Gasteiger charge is 2.34. The molecule has 26 heavy (non-hydrogen) atoms. The second kappa shape index (κ2) is 7.23. The van der Waals surface area contributed by atoms with E-state index in [0.29, 0.717) is 25.2 Å². The van der Waals surface area contributed by atoms with Crippen LogP contribution >= 0.6 is 0 Å². The van der Waals surface area contributed by atoms with Crippen molar-refractivity contribution in [3.8, 4) is 0 Å². The fraction of sp³-hybridized carbons (Fsp3) is 0.400. The van der Waals surface area contributed by atoms with Crippen LogP contribution in [0.25, 0.3) is 0 Å². The van der Waals surface area contributed by atoms with Crippen LogP contribution < -0.4 is 0 Å². The van der Waals surface area contributed by atoms with Crippen molar-refractivity contribution in [1.29, 1.82) is 0 Å². The van der Waals surface area contributed by atoms with Crippen LogP contribution in [-0.4, -0.2) is 50.7 Å². The molecule has 0 bridgehead atoms. The minimum atomic E-state index is -0.127. The first kappa shape index (κ1) is 16.7. The number of fused-ring (bicyclic) bond motifs is 1. The molecule has 0 unspecified atom stereocenters. The second-order valence-corrected chi connectivity index (χ2v) is 6.90. The molecule has 0 atom stereocenters. The molecule has 6 nitrogen and oxygen atoms in total. The van der Waals surface area contributed by atoms with Gasteiger partial charge in [0, 0.05) is 44.5 Å². The Kier molecular flexibility index (Phi) is 4.65. The number of rotatable bonds is 5. The lowest BCUT2D eigenvalue weighted by Gasteiger charge is -2.30. The fourth-order valence-electron chi connectivity index (χ4n) is 3.48. The first-order valence-corrected chi connectivity index (χ1v) is 9.14. The fourth-order valence-corrected chi connectivity index (χ4v) is 3.48. The number of benzene rings is 1. The molecular weight excluding hydrogens is 328 g/mol. The van der Waals surface area contributed by atoms with Gasteiger partial charge in [-0.15, -0.1) is 0 Å². The van der Waals surface area contributed by atoms with Gasteiger partial charge in [0.05, 0.1) is 6.20 Å². The Morgan fingerprint density at radius 3 is 2.69 bits per heavy atom. The van der Waals surface area contributed by atoms with Crippen molar-refractivity contribution in [2.45, 2.75) is 38.3 Å². The SMILES string of the molecule is O=C(CCN(C(=O)c1cnccn1)C1CC1)N1CCc2ccccc2C1. The van der Waals surface area contributed by atoms with Crippen molar-refractivity contribution >= 4 is 11.8 Å². The number of hydrogen-bond acceptors (Lipinski definition) is 4. The lowest BCUT2D eigenvalue weighted by molar-refractivity contribution is -0.132. The van der Waals surface area contributed by atoms with Gasteiger partial charge in [0.2, 0.25) is 5.91 Å². The summed E-state index contributed by atoms with van der Waals surface area (Å²) in [6.45, 7) is 1.85. The van der Waals surface area contributed by atoms with Crippen molar-refractivity contribution in [1.82, 2.24) is 19.8 Å². The molecule has 2 amide bonds. The first-order chi connectivity index (χ1) is 12.7. The molecule has 134 valence electrons. The molecule has 2 heterocycles. The summed E-state index contributed by atoms with van der Waals surface area (Å²) < 4.78 is 0. The monoisotopic (exact) mass is 350 g/mol. The van der Waals surface area contributed by atoms with Gasteiger partial charge >= 0.3 is 0 Å². The van der Waals surface area contributed by atoms with Crippen LogP contribution in [-0.2, 0) is 17.8 Å². The number of amides is 2. The quantitative estimate of drug-likeness (QED) is 0.828. The number of carbonyl (C=O) groups excluding carboxylic acids is 2. The maximum atomic E-state index is 12.7. The van der Waals surface area contributed by atoms with E-state index in [0.717, 1.165) is 25.8 Å². The third kappa shape index (κ3) is 3.59. The molecular formula is C20H22N4O2. The predicted octanol–water partition coefficient (Wildman–Crippen LogP) is 2.06. The van der Waals surface area contributed by atoms with Crippen LogP contribution in [0.3, 0.4) is 0 Å². The zero-order valence-electron chi connectivity index (χ0n) is 14.7. The maximum absolute atomic E-state index is 12.7. The van der Waals surface area contributed by atoms with E-state index >= 15 is 0 Å². The van der Waals surface area contributed by atoms with E-state index < -0.39 is 0 Å². The molecule has 4 rings (SSSR count). The summed E-state index contributed by atoms with van der Waals surface area (Å²) in [7, 11) is 0. The molecule has 1 fully saturated rings. The Balaban J connectivity index is 1.38. The molecule has 0 saturated heterocycles. The van der Waals surface area contributed by atoms with Gasteiger partial charge in [-0.3, -0.25) is 14.6 Å². The summed E-state index contributed by atoms with van der Waals surface area (Å²) in [4.78, 5) is 37.1. The number of nitrogens with zero attached hydrogens (tertiary/aromatic N) is 4. The average Bonchev–Trinajstić information content (AvgIpc) is 3.53. The van der Waals surface area contributed by atoms with Crippen molar-refractivity contribution in [3.63, 3.8) is 0 Å². The number of hydrogen-bond donors (Lipinski definition) is 0. The molecule has 1 aliphatic heterocycles. The summed E-state index contributed by atoms with van der Waals surface area (Å²) in [6, 6.07) is 8.51. The highest BCUT2D eigenvalue weighted by atomic mass is 16.2. The molecule has 2 aliphatic rings. The summed E-state index contributed by atoms with van der Waals surface area (Å²) >= 11 is 0. The van der Waals surface area contributed by atoms with Gasteiger partial charge in [0.25, 0.3) is 5.91 Å². The molecule has 0 radical (unpaired) electrons. The molecule has 0 N–H and O–H groups in total. The van der Waals surface area contributed by atoms with Gasteiger partial charge in [-0.05, 0) is 30.4 Å². The van der Waals surface area contributed by atoms with Crippen LogP contribution in [0.15, 0.2) is 42.9 Å². The normalized spacial score (nSPS) is 16.1. The van der Waals surface area contributed by atoms with Crippen LogP contribution in [0, 0.1) is 0 Å². The molecule has 1 aliphatic carbocycles. The topological polar surface area (TPSA) is 66.4 Å². The summed E-state index contributed by atoms with van der Waals surface area (Å²) in [5.74, 6) is -0.0190. The maximum Gasteiger partial charge on any atom is 0.274 e. The highest BCUT2D eigenvalue weighted by molar-refractivity contribution is 5.92. The highest BCUT2D eigenvalue weighted by Crippen LogP contribution is 2.28. The van der Waals surface area contributed by atoms with Gasteiger partial charge < -0.3 is 9.80 Å². The average molecular weight is 350 g/mol. The molecule has 0 spiro atoms. The lowest BCUT2D eigenvalue weighted by atomic mass is 10.00. The van der Waals surface area contributed by atoms with Crippen LogP contribution in [0.1, 0.15) is 40.9 Å². The summed E-state index contributed by atoms with van der Waals surface area (Å²) in [5.41, 5.74) is 2.90. The van der Waals surface area contributed by atoms with E-state index in [-0.39, 0.29) is 17.9 Å². The Hall–Kier alpha value is -2.76. The summed E-state index contributed by atoms with van der Waals surface area (Å²) in [6.07, 6.45) is 7.80. The van der Waals surface area contributed by atoms with Crippen LogP contribution in [0.4, 0.5) is 0 Å². The van der Waals surface area contributed by atoms with E-state index in [9.17, 15) is 9.59 Å². The molecule has 1 saturated carbocycles. The van der Waals surface area contributed by atoms with Crippen LogP contribution in [0.5, 0.6) is 0 Å².